The molecule has 1 saturated carbocycles. The van der Waals surface area contributed by atoms with Crippen LogP contribution in [0.15, 0.2) is 18.5 Å². The lowest BCUT2D eigenvalue weighted by Crippen LogP contribution is -2.47. The number of rotatable bonds is 5. The summed E-state index contributed by atoms with van der Waals surface area (Å²) in [6, 6.07) is 2.45. The van der Waals surface area contributed by atoms with E-state index in [4.69, 9.17) is 12.2 Å². The molecule has 0 amide bonds. The van der Waals surface area contributed by atoms with Crippen LogP contribution in [0.3, 0.4) is 0 Å². The number of nitrogens with one attached hydrogen (secondary N) is 1. The summed E-state index contributed by atoms with van der Waals surface area (Å²) in [7, 11) is 0. The van der Waals surface area contributed by atoms with E-state index >= 15 is 0 Å². The Bertz CT molecular complexity index is 701. The summed E-state index contributed by atoms with van der Waals surface area (Å²) in [6.07, 6.45) is 6.07. The Labute approximate surface area is 144 Å². The van der Waals surface area contributed by atoms with E-state index in [0.717, 1.165) is 47.9 Å². The van der Waals surface area contributed by atoms with Gasteiger partial charge in [-0.3, -0.25) is 4.90 Å². The van der Waals surface area contributed by atoms with Crippen molar-refractivity contribution >= 4 is 34.6 Å². The molecule has 2 aromatic heterocycles. The second-order valence-corrected chi connectivity index (χ2v) is 7.51. The van der Waals surface area contributed by atoms with Gasteiger partial charge in [-0.25, -0.2) is 14.6 Å². The highest BCUT2D eigenvalue weighted by Gasteiger charge is 2.23. The van der Waals surface area contributed by atoms with Gasteiger partial charge in [-0.05, 0) is 31.1 Å². The molecule has 0 spiro atoms. The van der Waals surface area contributed by atoms with Gasteiger partial charge in [-0.15, -0.1) is 5.10 Å². The van der Waals surface area contributed by atoms with Crippen molar-refractivity contribution < 1.29 is 0 Å². The van der Waals surface area contributed by atoms with Crippen molar-refractivity contribution in [3.8, 4) is 0 Å². The molecule has 0 unspecified atom stereocenters. The van der Waals surface area contributed by atoms with Gasteiger partial charge in [0.1, 0.15) is 0 Å². The third-order valence-electron chi connectivity index (χ3n) is 4.05. The summed E-state index contributed by atoms with van der Waals surface area (Å²) in [4.78, 5) is 13.2. The van der Waals surface area contributed by atoms with Crippen LogP contribution in [0.25, 0.3) is 0 Å². The standard InChI is InChI=1S/C14H19N7S2/c22-14-21(18-13(23-14)17-11-2-3-11)10-19-6-8-20(9-7-19)12-15-4-1-5-16-12/h1,4-5,11H,2-3,6-10H2,(H,17,18). The Balaban J connectivity index is 1.34. The summed E-state index contributed by atoms with van der Waals surface area (Å²) in [5.41, 5.74) is 0. The largest absolute Gasteiger partial charge is 0.357 e. The quantitative estimate of drug-likeness (QED) is 0.826. The number of hydrogen-bond acceptors (Lipinski definition) is 8. The molecule has 1 aliphatic heterocycles. The molecule has 0 aromatic carbocycles. The summed E-state index contributed by atoms with van der Waals surface area (Å²) in [6.45, 7) is 4.53. The minimum atomic E-state index is 0.610. The molecule has 122 valence electrons. The fourth-order valence-corrected chi connectivity index (χ4v) is 3.66. The van der Waals surface area contributed by atoms with Crippen molar-refractivity contribution in [3.05, 3.63) is 22.4 Å². The molecule has 1 N–H and O–H groups in total. The minimum absolute atomic E-state index is 0.610. The van der Waals surface area contributed by atoms with E-state index in [0.29, 0.717) is 6.04 Å². The number of piperazine rings is 1. The molecule has 4 rings (SSSR count). The first-order valence-electron chi connectivity index (χ1n) is 7.87. The highest BCUT2D eigenvalue weighted by Crippen LogP contribution is 2.26. The van der Waals surface area contributed by atoms with Crippen molar-refractivity contribution in [3.63, 3.8) is 0 Å². The molecule has 2 aliphatic rings. The zero-order valence-electron chi connectivity index (χ0n) is 12.8. The van der Waals surface area contributed by atoms with E-state index in [1.54, 1.807) is 23.7 Å². The Morgan fingerprint density at radius 3 is 2.61 bits per heavy atom. The van der Waals surface area contributed by atoms with E-state index in [2.05, 4.69) is 30.2 Å². The smallest absolute Gasteiger partial charge is 0.225 e. The van der Waals surface area contributed by atoms with Crippen molar-refractivity contribution in [2.45, 2.75) is 25.6 Å². The van der Waals surface area contributed by atoms with Crippen molar-refractivity contribution in [2.75, 3.05) is 36.4 Å². The van der Waals surface area contributed by atoms with Crippen molar-refractivity contribution in [1.29, 1.82) is 0 Å². The van der Waals surface area contributed by atoms with Gasteiger partial charge in [0.2, 0.25) is 11.1 Å². The maximum absolute atomic E-state index is 5.44. The molecular formula is C14H19N7S2. The third-order valence-corrected chi connectivity index (χ3v) is 5.29. The number of hydrogen-bond donors (Lipinski definition) is 1. The molecule has 1 saturated heterocycles. The molecule has 7 nitrogen and oxygen atoms in total. The van der Waals surface area contributed by atoms with Crippen LogP contribution in [-0.2, 0) is 6.67 Å². The highest BCUT2D eigenvalue weighted by molar-refractivity contribution is 7.73. The van der Waals surface area contributed by atoms with Crippen LogP contribution in [-0.4, -0.2) is 56.9 Å². The van der Waals surface area contributed by atoms with Gasteiger partial charge in [-0.1, -0.05) is 11.3 Å². The van der Waals surface area contributed by atoms with Gasteiger partial charge in [0.15, 0.2) is 3.95 Å². The van der Waals surface area contributed by atoms with Crippen molar-refractivity contribution in [2.24, 2.45) is 0 Å². The molecular weight excluding hydrogens is 330 g/mol. The SMILES string of the molecule is S=c1sc(NC2CC2)nn1CN1CCN(c2ncccn2)CC1. The van der Waals surface area contributed by atoms with Crippen LogP contribution in [0.2, 0.25) is 0 Å². The second-order valence-electron chi connectivity index (χ2n) is 5.89. The average molecular weight is 349 g/mol. The van der Waals surface area contributed by atoms with Crippen LogP contribution < -0.4 is 10.2 Å². The maximum atomic E-state index is 5.44. The molecule has 2 fully saturated rings. The van der Waals surface area contributed by atoms with E-state index in [1.165, 1.54) is 12.8 Å². The first-order chi connectivity index (χ1) is 11.3. The predicted octanol–water partition coefficient (Wildman–Crippen LogP) is 1.82. The summed E-state index contributed by atoms with van der Waals surface area (Å²) >= 11 is 7.00. The molecule has 0 radical (unpaired) electrons. The monoisotopic (exact) mass is 349 g/mol. The summed E-state index contributed by atoms with van der Waals surface area (Å²) in [5.74, 6) is 0.813. The predicted molar refractivity (Wildman–Crippen MR) is 93.4 cm³/mol. The van der Waals surface area contributed by atoms with Gasteiger partial charge in [0.25, 0.3) is 0 Å². The zero-order valence-corrected chi connectivity index (χ0v) is 14.4. The van der Waals surface area contributed by atoms with E-state index in [-0.39, 0.29) is 0 Å². The van der Waals surface area contributed by atoms with Crippen LogP contribution in [0, 0.1) is 3.95 Å². The topological polar surface area (TPSA) is 62.1 Å². The molecule has 0 bridgehead atoms. The fourth-order valence-electron chi connectivity index (χ4n) is 2.59. The van der Waals surface area contributed by atoms with Crippen LogP contribution in [0.1, 0.15) is 12.8 Å². The van der Waals surface area contributed by atoms with Gasteiger partial charge in [-0.2, -0.15) is 0 Å². The Kier molecular flexibility index (Phi) is 4.23. The average Bonchev–Trinajstić information content (AvgIpc) is 3.33. The minimum Gasteiger partial charge on any atom is -0.357 e. The van der Waals surface area contributed by atoms with Crippen molar-refractivity contribution in [1.82, 2.24) is 24.6 Å². The molecule has 3 heterocycles. The Morgan fingerprint density at radius 1 is 1.17 bits per heavy atom. The third kappa shape index (κ3) is 3.67. The van der Waals surface area contributed by atoms with Gasteiger partial charge in [0, 0.05) is 44.6 Å². The first kappa shape index (κ1) is 15.0. The van der Waals surface area contributed by atoms with Gasteiger partial charge in [0.05, 0.1) is 6.67 Å². The number of nitrogens with zero attached hydrogens (tertiary/aromatic N) is 6. The molecule has 23 heavy (non-hydrogen) atoms. The molecule has 9 heteroatoms. The lowest BCUT2D eigenvalue weighted by molar-refractivity contribution is 0.194. The van der Waals surface area contributed by atoms with Gasteiger partial charge >= 0.3 is 0 Å². The Morgan fingerprint density at radius 2 is 1.91 bits per heavy atom. The molecule has 2 aromatic rings. The van der Waals surface area contributed by atoms with E-state index < -0.39 is 0 Å². The van der Waals surface area contributed by atoms with Crippen LogP contribution >= 0.6 is 23.6 Å². The van der Waals surface area contributed by atoms with Crippen LogP contribution in [0.4, 0.5) is 11.1 Å². The second kappa shape index (κ2) is 6.50. The summed E-state index contributed by atoms with van der Waals surface area (Å²) < 4.78 is 2.77. The maximum Gasteiger partial charge on any atom is 0.225 e. The first-order valence-corrected chi connectivity index (χ1v) is 9.09. The lowest BCUT2D eigenvalue weighted by atomic mass is 10.3. The van der Waals surface area contributed by atoms with Crippen LogP contribution in [0.5, 0.6) is 0 Å². The summed E-state index contributed by atoms with van der Waals surface area (Å²) in [5, 5.41) is 8.97. The Hall–Kier alpha value is -1.58. The number of aromatic nitrogens is 4. The lowest BCUT2D eigenvalue weighted by Gasteiger charge is -2.34. The molecule has 0 atom stereocenters. The zero-order chi connectivity index (χ0) is 15.6. The van der Waals surface area contributed by atoms with E-state index in [9.17, 15) is 0 Å². The highest BCUT2D eigenvalue weighted by atomic mass is 32.1. The molecule has 1 aliphatic carbocycles. The normalized spacial score (nSPS) is 19.0. The van der Waals surface area contributed by atoms with Gasteiger partial charge < -0.3 is 10.2 Å². The van der Waals surface area contributed by atoms with E-state index in [1.807, 2.05) is 10.7 Å². The fraction of sp³-hybridized carbons (Fsp3) is 0.571. The number of anilines is 2.